The first-order valence-electron chi connectivity index (χ1n) is 3.29. The average Bonchev–Trinajstić information content (AvgIpc) is 1.98. The first kappa shape index (κ1) is 10.2. The van der Waals surface area contributed by atoms with E-state index in [1.165, 1.54) is 6.92 Å². The van der Waals surface area contributed by atoms with Gasteiger partial charge in [0.15, 0.2) is 5.78 Å². The minimum atomic E-state index is -0.688. The van der Waals surface area contributed by atoms with Crippen LogP contribution in [0.2, 0.25) is 0 Å². The van der Waals surface area contributed by atoms with Gasteiger partial charge in [0.1, 0.15) is 11.1 Å². The van der Waals surface area contributed by atoms with Gasteiger partial charge in [-0.15, -0.1) is 18.0 Å². The predicted molar refractivity (Wildman–Crippen MR) is 47.1 cm³/mol. The molecule has 0 fully saturated rings. The van der Waals surface area contributed by atoms with E-state index in [1.807, 2.05) is 6.92 Å². The van der Waals surface area contributed by atoms with Crippen LogP contribution in [-0.2, 0) is 4.79 Å². The normalized spacial score (nSPS) is 13.8. The van der Waals surface area contributed by atoms with Gasteiger partial charge in [-0.1, -0.05) is 5.92 Å². The first-order chi connectivity index (χ1) is 5.13. The largest absolute Gasteiger partial charge is 0.293 e. The second-order valence-corrected chi connectivity index (χ2v) is 2.38. The zero-order chi connectivity index (χ0) is 8.85. The average molecular weight is 172 g/mol. The van der Waals surface area contributed by atoms with Gasteiger partial charge in [-0.3, -0.25) is 9.79 Å². The number of nitrogens with zero attached hydrogens (tertiary/aromatic N) is 1. The number of terminal acetylenes is 1. The van der Waals surface area contributed by atoms with Crippen LogP contribution >= 0.6 is 11.6 Å². The van der Waals surface area contributed by atoms with Crippen LogP contribution in [0.4, 0.5) is 0 Å². The minimum Gasteiger partial charge on any atom is -0.293 e. The number of rotatable bonds is 3. The fourth-order valence-corrected chi connectivity index (χ4v) is 0.842. The molecule has 1 atom stereocenters. The molecule has 1 unspecified atom stereocenters. The Morgan fingerprint density at radius 3 is 2.64 bits per heavy atom. The molecule has 0 saturated carbocycles. The van der Waals surface area contributed by atoms with Crippen LogP contribution in [0.25, 0.3) is 0 Å². The molecule has 11 heavy (non-hydrogen) atoms. The monoisotopic (exact) mass is 171 g/mol. The van der Waals surface area contributed by atoms with E-state index in [4.69, 9.17) is 18.0 Å². The quantitative estimate of drug-likeness (QED) is 0.357. The van der Waals surface area contributed by atoms with Crippen molar-refractivity contribution >= 4 is 23.1 Å². The number of carbonyl (C=O) groups is 1. The molecule has 0 saturated heterocycles. The number of aliphatic imine (C=N–C) groups is 1. The standard InChI is InChI=1S/C8H10ClNO/c1-4-7(9)8(6(3)11)10-5-2/h1,7H,5H2,2-3H3. The van der Waals surface area contributed by atoms with Gasteiger partial charge in [-0.2, -0.15) is 0 Å². The van der Waals surface area contributed by atoms with Crippen LogP contribution in [-0.4, -0.2) is 23.4 Å². The van der Waals surface area contributed by atoms with Gasteiger partial charge >= 0.3 is 0 Å². The number of hydrogen-bond acceptors (Lipinski definition) is 2. The van der Waals surface area contributed by atoms with E-state index >= 15 is 0 Å². The van der Waals surface area contributed by atoms with Crippen molar-refractivity contribution in [1.29, 1.82) is 0 Å². The smallest absolute Gasteiger partial charge is 0.176 e. The first-order valence-corrected chi connectivity index (χ1v) is 3.72. The molecule has 0 heterocycles. The van der Waals surface area contributed by atoms with E-state index < -0.39 is 5.38 Å². The topological polar surface area (TPSA) is 29.4 Å². The molecule has 0 bridgehead atoms. The molecule has 0 aromatic carbocycles. The Hall–Kier alpha value is -0.810. The minimum absolute atomic E-state index is 0.162. The predicted octanol–water partition coefficient (Wildman–Crippen LogP) is 1.28. The van der Waals surface area contributed by atoms with Crippen LogP contribution in [0.3, 0.4) is 0 Å². The van der Waals surface area contributed by atoms with Crippen molar-refractivity contribution in [1.82, 2.24) is 0 Å². The molecule has 0 spiro atoms. The number of hydrogen-bond donors (Lipinski definition) is 0. The number of Topliss-reactive ketones (excluding diaryl/α,β-unsaturated/α-hetero) is 1. The lowest BCUT2D eigenvalue weighted by Gasteiger charge is -2.01. The Bertz CT molecular complexity index is 215. The molecule has 2 nitrogen and oxygen atoms in total. The highest BCUT2D eigenvalue weighted by Gasteiger charge is 2.13. The molecule has 0 aliphatic carbocycles. The third kappa shape index (κ3) is 3.20. The van der Waals surface area contributed by atoms with E-state index in [0.717, 1.165) is 0 Å². The Balaban J connectivity index is 4.50. The van der Waals surface area contributed by atoms with Gasteiger partial charge in [-0.05, 0) is 6.92 Å². The summed E-state index contributed by atoms with van der Waals surface area (Å²) in [4.78, 5) is 14.7. The number of ketones is 1. The highest BCUT2D eigenvalue weighted by atomic mass is 35.5. The number of carbonyl (C=O) groups excluding carboxylic acids is 1. The molecule has 0 N–H and O–H groups in total. The van der Waals surface area contributed by atoms with Gasteiger partial charge in [-0.25, -0.2) is 0 Å². The summed E-state index contributed by atoms with van der Waals surface area (Å²) in [6.07, 6.45) is 5.03. The second-order valence-electron chi connectivity index (χ2n) is 1.94. The summed E-state index contributed by atoms with van der Waals surface area (Å²) in [7, 11) is 0. The Morgan fingerprint density at radius 1 is 1.82 bits per heavy atom. The maximum Gasteiger partial charge on any atom is 0.176 e. The van der Waals surface area contributed by atoms with E-state index in [2.05, 4.69) is 10.9 Å². The SMILES string of the molecule is C#CC(Cl)C(=NCC)C(C)=O. The van der Waals surface area contributed by atoms with E-state index in [0.29, 0.717) is 6.54 Å². The van der Waals surface area contributed by atoms with Crippen LogP contribution < -0.4 is 0 Å². The third-order valence-corrected chi connectivity index (χ3v) is 1.41. The number of halogens is 1. The summed E-state index contributed by atoms with van der Waals surface area (Å²) in [5.41, 5.74) is 0.275. The van der Waals surface area contributed by atoms with Crippen molar-refractivity contribution in [2.75, 3.05) is 6.54 Å². The maximum atomic E-state index is 10.8. The van der Waals surface area contributed by atoms with Gasteiger partial charge in [0, 0.05) is 13.5 Å². The summed E-state index contributed by atoms with van der Waals surface area (Å²) in [5.74, 6) is 2.08. The zero-order valence-electron chi connectivity index (χ0n) is 6.60. The molecule has 0 rings (SSSR count). The van der Waals surface area contributed by atoms with Gasteiger partial charge in [0.05, 0.1) is 0 Å². The molecular weight excluding hydrogens is 162 g/mol. The van der Waals surface area contributed by atoms with Crippen LogP contribution in [0.15, 0.2) is 4.99 Å². The summed E-state index contributed by atoms with van der Waals surface area (Å²) in [5, 5.41) is -0.688. The Labute approximate surface area is 71.7 Å². The van der Waals surface area contributed by atoms with Crippen LogP contribution in [0.5, 0.6) is 0 Å². The highest BCUT2D eigenvalue weighted by Crippen LogP contribution is 1.99. The van der Waals surface area contributed by atoms with E-state index in [-0.39, 0.29) is 11.5 Å². The zero-order valence-corrected chi connectivity index (χ0v) is 7.35. The molecule has 0 aliphatic heterocycles. The fraction of sp³-hybridized carbons (Fsp3) is 0.500. The van der Waals surface area contributed by atoms with Crippen LogP contribution in [0.1, 0.15) is 13.8 Å². The summed E-state index contributed by atoms with van der Waals surface area (Å²) in [6, 6.07) is 0. The summed E-state index contributed by atoms with van der Waals surface area (Å²) < 4.78 is 0. The molecular formula is C8H10ClNO. The van der Waals surface area contributed by atoms with Gasteiger partial charge < -0.3 is 0 Å². The van der Waals surface area contributed by atoms with Crippen molar-refractivity contribution in [3.8, 4) is 12.3 Å². The lowest BCUT2D eigenvalue weighted by molar-refractivity contribution is -0.111. The fourth-order valence-electron chi connectivity index (χ4n) is 0.619. The Kier molecular flexibility index (Phi) is 4.56. The highest BCUT2D eigenvalue weighted by molar-refractivity contribution is 6.52. The van der Waals surface area contributed by atoms with E-state index in [1.54, 1.807) is 0 Å². The molecule has 0 radical (unpaired) electrons. The van der Waals surface area contributed by atoms with Gasteiger partial charge in [0.25, 0.3) is 0 Å². The second kappa shape index (κ2) is 4.92. The Morgan fingerprint density at radius 2 is 2.36 bits per heavy atom. The van der Waals surface area contributed by atoms with Crippen molar-refractivity contribution in [3.63, 3.8) is 0 Å². The van der Waals surface area contributed by atoms with Crippen molar-refractivity contribution in [2.45, 2.75) is 19.2 Å². The molecule has 0 amide bonds. The molecule has 0 aliphatic rings. The molecule has 60 valence electrons. The molecule has 3 heteroatoms. The molecule has 0 aromatic rings. The summed E-state index contributed by atoms with van der Waals surface area (Å²) >= 11 is 5.62. The van der Waals surface area contributed by atoms with Crippen LogP contribution in [0, 0.1) is 12.3 Å². The lowest BCUT2D eigenvalue weighted by Crippen LogP contribution is -2.21. The van der Waals surface area contributed by atoms with Crippen molar-refractivity contribution < 1.29 is 4.79 Å². The summed E-state index contributed by atoms with van der Waals surface area (Å²) in [6.45, 7) is 3.75. The van der Waals surface area contributed by atoms with E-state index in [9.17, 15) is 4.79 Å². The molecule has 0 aromatic heterocycles. The van der Waals surface area contributed by atoms with Gasteiger partial charge in [0.2, 0.25) is 0 Å². The van der Waals surface area contributed by atoms with Crippen molar-refractivity contribution in [3.05, 3.63) is 0 Å². The third-order valence-electron chi connectivity index (χ3n) is 1.08. The number of alkyl halides is 1. The lowest BCUT2D eigenvalue weighted by atomic mass is 10.2. The maximum absolute atomic E-state index is 10.8. The van der Waals surface area contributed by atoms with Crippen molar-refractivity contribution in [2.24, 2.45) is 4.99 Å².